The molecule has 2 amide bonds. The van der Waals surface area contributed by atoms with Crippen LogP contribution in [0.5, 0.6) is 5.75 Å². The van der Waals surface area contributed by atoms with E-state index in [1.54, 1.807) is 42.5 Å². The highest BCUT2D eigenvalue weighted by molar-refractivity contribution is 6.33. The van der Waals surface area contributed by atoms with Crippen LogP contribution in [0.1, 0.15) is 13.3 Å². The molecule has 0 saturated carbocycles. The van der Waals surface area contributed by atoms with Crippen molar-refractivity contribution in [1.82, 2.24) is 0 Å². The number of ether oxygens (including phenoxy) is 2. The van der Waals surface area contributed by atoms with Gasteiger partial charge in [0.15, 0.2) is 6.61 Å². The maximum atomic E-state index is 12.4. The Kier molecular flexibility index (Phi) is 6.72. The van der Waals surface area contributed by atoms with Gasteiger partial charge in [0.25, 0.3) is 5.91 Å². The number of benzene rings is 2. The molecule has 2 aromatic rings. The van der Waals surface area contributed by atoms with Gasteiger partial charge >= 0.3 is 5.97 Å². The van der Waals surface area contributed by atoms with E-state index in [0.717, 1.165) is 0 Å². The van der Waals surface area contributed by atoms with Crippen molar-refractivity contribution in [2.75, 3.05) is 30.0 Å². The van der Waals surface area contributed by atoms with Gasteiger partial charge in [-0.05, 0) is 31.2 Å². The molecule has 0 spiro atoms. The smallest absolute Gasteiger partial charge is 0.311 e. The molecule has 1 atom stereocenters. The third-order valence-corrected chi connectivity index (χ3v) is 4.74. The number of carbonyl (C=O) groups is 3. The van der Waals surface area contributed by atoms with Crippen molar-refractivity contribution in [3.63, 3.8) is 0 Å². The molecule has 1 N–H and O–H groups in total. The molecule has 1 fully saturated rings. The molecular weight excluding hydrogens is 396 g/mol. The van der Waals surface area contributed by atoms with Crippen LogP contribution in [0.4, 0.5) is 11.4 Å². The third kappa shape index (κ3) is 5.06. The average Bonchev–Trinajstić information content (AvgIpc) is 3.10. The van der Waals surface area contributed by atoms with Crippen LogP contribution < -0.4 is 15.0 Å². The van der Waals surface area contributed by atoms with Gasteiger partial charge in [0, 0.05) is 13.0 Å². The molecule has 152 valence electrons. The summed E-state index contributed by atoms with van der Waals surface area (Å²) >= 11 is 5.98. The Labute approximate surface area is 173 Å². The predicted molar refractivity (Wildman–Crippen MR) is 109 cm³/mol. The molecule has 7 nitrogen and oxygen atoms in total. The van der Waals surface area contributed by atoms with Crippen molar-refractivity contribution in [3.05, 3.63) is 53.6 Å². The standard InChI is InChI=1S/C21H21ClN2O5/c1-2-28-18-10-6-5-9-17(18)24-12-14(11-20(24)26)21(27)29-13-19(25)23-16-8-4-3-7-15(16)22/h3-10,14H,2,11-13H2,1H3,(H,23,25)/t14-/m0/s1. The molecule has 0 bridgehead atoms. The number of para-hydroxylation sites is 3. The summed E-state index contributed by atoms with van der Waals surface area (Å²) in [5.74, 6) is -1.36. The summed E-state index contributed by atoms with van der Waals surface area (Å²) in [4.78, 5) is 38.3. The van der Waals surface area contributed by atoms with Gasteiger partial charge in [0.1, 0.15) is 5.75 Å². The highest BCUT2D eigenvalue weighted by Crippen LogP contribution is 2.33. The van der Waals surface area contributed by atoms with Crippen molar-refractivity contribution in [1.29, 1.82) is 0 Å². The molecule has 8 heteroatoms. The van der Waals surface area contributed by atoms with E-state index in [1.165, 1.54) is 4.90 Å². The van der Waals surface area contributed by atoms with Gasteiger partial charge in [0.2, 0.25) is 5.91 Å². The largest absolute Gasteiger partial charge is 0.492 e. The number of nitrogens with one attached hydrogen (secondary N) is 1. The fraction of sp³-hybridized carbons (Fsp3) is 0.286. The SMILES string of the molecule is CCOc1ccccc1N1C[C@@H](C(=O)OCC(=O)Nc2ccccc2Cl)CC1=O. The van der Waals surface area contributed by atoms with Crippen molar-refractivity contribution in [2.24, 2.45) is 5.92 Å². The van der Waals surface area contributed by atoms with E-state index in [0.29, 0.717) is 28.8 Å². The van der Waals surface area contributed by atoms with E-state index in [2.05, 4.69) is 5.32 Å². The van der Waals surface area contributed by atoms with Gasteiger partial charge in [-0.3, -0.25) is 14.4 Å². The maximum Gasteiger partial charge on any atom is 0.311 e. The van der Waals surface area contributed by atoms with Gasteiger partial charge < -0.3 is 19.7 Å². The average molecular weight is 417 g/mol. The Morgan fingerprint density at radius 2 is 1.90 bits per heavy atom. The molecular formula is C21H21ClN2O5. The van der Waals surface area contributed by atoms with E-state index in [-0.39, 0.29) is 18.9 Å². The fourth-order valence-corrected chi connectivity index (χ4v) is 3.24. The fourth-order valence-electron chi connectivity index (χ4n) is 3.06. The summed E-state index contributed by atoms with van der Waals surface area (Å²) in [5.41, 5.74) is 1.05. The molecule has 0 unspecified atom stereocenters. The number of halogens is 1. The zero-order valence-electron chi connectivity index (χ0n) is 15.9. The minimum absolute atomic E-state index is 0.0193. The summed E-state index contributed by atoms with van der Waals surface area (Å²) in [6, 6.07) is 13.9. The molecule has 0 radical (unpaired) electrons. The van der Waals surface area contributed by atoms with E-state index >= 15 is 0 Å². The topological polar surface area (TPSA) is 84.9 Å². The number of anilines is 2. The first-order chi connectivity index (χ1) is 14.0. The number of carbonyl (C=O) groups excluding carboxylic acids is 3. The third-order valence-electron chi connectivity index (χ3n) is 4.41. The zero-order valence-corrected chi connectivity index (χ0v) is 16.6. The lowest BCUT2D eigenvalue weighted by Crippen LogP contribution is -2.28. The first-order valence-electron chi connectivity index (χ1n) is 9.22. The lowest BCUT2D eigenvalue weighted by Gasteiger charge is -2.19. The number of hydrogen-bond acceptors (Lipinski definition) is 5. The van der Waals surface area contributed by atoms with E-state index < -0.39 is 24.4 Å². The summed E-state index contributed by atoms with van der Waals surface area (Å²) in [7, 11) is 0. The summed E-state index contributed by atoms with van der Waals surface area (Å²) in [6.07, 6.45) is 0.0193. The van der Waals surface area contributed by atoms with Crippen molar-refractivity contribution < 1.29 is 23.9 Å². The second-order valence-corrected chi connectivity index (χ2v) is 6.85. The Hall–Kier alpha value is -3.06. The number of nitrogens with zero attached hydrogens (tertiary/aromatic N) is 1. The van der Waals surface area contributed by atoms with Crippen molar-refractivity contribution in [3.8, 4) is 5.75 Å². The van der Waals surface area contributed by atoms with Crippen LogP contribution in [0, 0.1) is 5.92 Å². The van der Waals surface area contributed by atoms with E-state index in [4.69, 9.17) is 21.1 Å². The zero-order chi connectivity index (χ0) is 20.8. The Bertz CT molecular complexity index is 917. The summed E-state index contributed by atoms with van der Waals surface area (Å²) < 4.78 is 10.7. The molecule has 0 aromatic heterocycles. The first-order valence-corrected chi connectivity index (χ1v) is 9.60. The van der Waals surface area contributed by atoms with Gasteiger partial charge in [-0.2, -0.15) is 0 Å². The molecule has 29 heavy (non-hydrogen) atoms. The molecule has 3 rings (SSSR count). The van der Waals surface area contributed by atoms with Crippen LogP contribution in [0.15, 0.2) is 48.5 Å². The van der Waals surface area contributed by atoms with E-state index in [1.807, 2.05) is 13.0 Å². The maximum absolute atomic E-state index is 12.4. The number of esters is 1. The van der Waals surface area contributed by atoms with Crippen LogP contribution in [0.25, 0.3) is 0 Å². The normalized spacial score (nSPS) is 15.9. The Morgan fingerprint density at radius 3 is 2.66 bits per heavy atom. The molecule has 1 aliphatic heterocycles. The predicted octanol–water partition coefficient (Wildman–Crippen LogP) is 3.27. The second kappa shape index (κ2) is 9.43. The van der Waals surface area contributed by atoms with Crippen molar-refractivity contribution in [2.45, 2.75) is 13.3 Å². The lowest BCUT2D eigenvalue weighted by atomic mass is 10.1. The Morgan fingerprint density at radius 1 is 1.17 bits per heavy atom. The van der Waals surface area contributed by atoms with Gasteiger partial charge in [-0.25, -0.2) is 0 Å². The summed E-state index contributed by atoms with van der Waals surface area (Å²) in [5, 5.41) is 2.97. The highest BCUT2D eigenvalue weighted by Gasteiger charge is 2.37. The Balaban J connectivity index is 1.57. The van der Waals surface area contributed by atoms with Crippen LogP contribution in [-0.2, 0) is 19.1 Å². The van der Waals surface area contributed by atoms with Gasteiger partial charge in [-0.1, -0.05) is 35.9 Å². The monoisotopic (exact) mass is 416 g/mol. The minimum atomic E-state index is -0.648. The molecule has 1 saturated heterocycles. The second-order valence-electron chi connectivity index (χ2n) is 6.44. The quantitative estimate of drug-likeness (QED) is 0.700. The van der Waals surface area contributed by atoms with Gasteiger partial charge in [0.05, 0.1) is 28.9 Å². The van der Waals surface area contributed by atoms with Gasteiger partial charge in [-0.15, -0.1) is 0 Å². The van der Waals surface area contributed by atoms with Crippen LogP contribution in [-0.4, -0.2) is 37.5 Å². The number of rotatable bonds is 7. The van der Waals surface area contributed by atoms with Crippen LogP contribution >= 0.6 is 11.6 Å². The molecule has 1 heterocycles. The number of hydrogen-bond donors (Lipinski definition) is 1. The van der Waals surface area contributed by atoms with Crippen molar-refractivity contribution >= 4 is 40.8 Å². The van der Waals surface area contributed by atoms with Crippen LogP contribution in [0.2, 0.25) is 5.02 Å². The first kappa shape index (κ1) is 20.7. The molecule has 1 aliphatic rings. The van der Waals surface area contributed by atoms with E-state index in [9.17, 15) is 14.4 Å². The molecule has 0 aliphatic carbocycles. The summed E-state index contributed by atoms with van der Waals surface area (Å²) in [6.45, 7) is 2.04. The number of amides is 2. The highest BCUT2D eigenvalue weighted by atomic mass is 35.5. The lowest BCUT2D eigenvalue weighted by molar-refractivity contribution is -0.151. The minimum Gasteiger partial charge on any atom is -0.492 e. The molecule has 2 aromatic carbocycles. The van der Waals surface area contributed by atoms with Crippen LogP contribution in [0.3, 0.4) is 0 Å².